The molecule has 3 nitrogen and oxygen atoms in total. The number of hydrogen-bond acceptors (Lipinski definition) is 3. The fourth-order valence-electron chi connectivity index (χ4n) is 3.76. The standard InChI is InChI=1S/C22H10F19Se.CHF3O3S/c1-7-3-9-10-4-8(2)12(24)6-14(10)42(13(9)5-11(7)23)22(40,41)20(35,36)18(31,32)16(27,28)15(25,26)17(29,30)19(33,34)21(37,38)39;2-1(3,4)8(5,6)7/h3-6H,1-2H3;(H,5,6,7)/q+1;/p-1. The quantitative estimate of drug-likeness (QED) is 0.103. The van der Waals surface area contributed by atoms with Crippen LogP contribution in [0.4, 0.5) is 96.6 Å². The predicted octanol–water partition coefficient (Wildman–Crippen LogP) is 9.61. The molecule has 0 fully saturated rings. The maximum Gasteiger partial charge on any atom is 0.485 e. The van der Waals surface area contributed by atoms with Crippen molar-refractivity contribution in [2.24, 2.45) is 0 Å². The average Bonchev–Trinajstić information content (AvgIpc) is 3.19. The third-order valence-corrected chi connectivity index (χ3v) is 11.9. The molecule has 1 aromatic heterocycles. The third-order valence-electron chi connectivity index (χ3n) is 6.48. The molecule has 0 radical (unpaired) electrons. The number of rotatable bonds is 7. The molecule has 3 aromatic rings. The second-order valence-electron chi connectivity index (χ2n) is 9.86. The monoisotopic (exact) mass is 864 g/mol. The van der Waals surface area contributed by atoms with Crippen LogP contribution in [0.25, 0.3) is 19.3 Å². The van der Waals surface area contributed by atoms with E-state index in [-0.39, 0.29) is 12.1 Å². The SMILES string of the molecule is Cc1cc2c3cc(C)c(F)cc3[se+](C(F)(F)C(F)(F)C(F)(F)C(F)(F)C(F)(F)C(F)(F)C(F)(F)C(F)(F)F)c2cc1F.O=S(=O)([O-])C(F)(F)F. The molecule has 50 heavy (non-hydrogen) atoms. The topological polar surface area (TPSA) is 57.2 Å². The fraction of sp³-hybridized carbons (Fsp3) is 0.478. The molecule has 0 N–H and O–H groups in total. The first-order chi connectivity index (χ1) is 21.7. The van der Waals surface area contributed by atoms with Gasteiger partial charge in [0.1, 0.15) is 0 Å². The van der Waals surface area contributed by atoms with Crippen LogP contribution in [0.2, 0.25) is 0 Å². The maximum absolute atomic E-state index is 15.3. The van der Waals surface area contributed by atoms with E-state index in [1.807, 2.05) is 0 Å². The predicted molar refractivity (Wildman–Crippen MR) is 124 cm³/mol. The van der Waals surface area contributed by atoms with Crippen molar-refractivity contribution in [1.29, 1.82) is 0 Å². The van der Waals surface area contributed by atoms with Crippen molar-refractivity contribution in [3.8, 4) is 0 Å². The molecular formula is C23H10F22O3SSe. The van der Waals surface area contributed by atoms with E-state index >= 15 is 8.78 Å². The Hall–Kier alpha value is -2.67. The first-order valence-electron chi connectivity index (χ1n) is 11.8. The van der Waals surface area contributed by atoms with E-state index in [4.69, 9.17) is 13.0 Å². The zero-order valence-electron chi connectivity index (χ0n) is 23.2. The number of aryl methyl sites for hydroxylation is 2. The van der Waals surface area contributed by atoms with E-state index in [0.29, 0.717) is 12.1 Å². The summed E-state index contributed by atoms with van der Waals surface area (Å²) in [7, 11) is -6.09. The Morgan fingerprint density at radius 1 is 0.500 bits per heavy atom. The van der Waals surface area contributed by atoms with Gasteiger partial charge in [-0.25, -0.2) is 8.42 Å². The summed E-state index contributed by atoms with van der Waals surface area (Å²) in [5.74, 6) is -53.8. The molecule has 0 aliphatic carbocycles. The fourth-order valence-corrected chi connectivity index (χ4v) is 8.78. The molecule has 0 saturated heterocycles. The number of alkyl halides is 20. The van der Waals surface area contributed by atoms with Crippen LogP contribution in [-0.4, -0.2) is 73.6 Å². The summed E-state index contributed by atoms with van der Waals surface area (Å²) < 4.78 is 320. The van der Waals surface area contributed by atoms with E-state index in [2.05, 4.69) is 0 Å². The number of hydrogen-bond donors (Lipinski definition) is 0. The van der Waals surface area contributed by atoms with Gasteiger partial charge in [-0.1, -0.05) is 0 Å². The molecular weight excluding hydrogens is 853 g/mol. The smallest absolute Gasteiger partial charge is 0.485 e. The molecule has 0 unspecified atom stereocenters. The van der Waals surface area contributed by atoms with E-state index in [0.717, 1.165) is 13.8 Å². The Morgan fingerprint density at radius 2 is 0.760 bits per heavy atom. The van der Waals surface area contributed by atoms with Crippen molar-refractivity contribution < 1.29 is 110 Å². The van der Waals surface area contributed by atoms with Gasteiger partial charge < -0.3 is 4.55 Å². The van der Waals surface area contributed by atoms with Crippen molar-refractivity contribution in [2.75, 3.05) is 0 Å². The summed E-state index contributed by atoms with van der Waals surface area (Å²) in [4.78, 5) is -6.78. The summed E-state index contributed by atoms with van der Waals surface area (Å²) in [5.41, 5.74) is -6.44. The maximum atomic E-state index is 15.3. The molecule has 0 spiro atoms. The number of benzene rings is 2. The van der Waals surface area contributed by atoms with Gasteiger partial charge in [0.15, 0.2) is 10.1 Å². The van der Waals surface area contributed by atoms with Crippen molar-refractivity contribution in [3.05, 3.63) is 47.0 Å². The number of fused-ring (bicyclic) bond motifs is 3. The largest absolute Gasteiger partial charge is 0.741 e. The van der Waals surface area contributed by atoms with Gasteiger partial charge in [0.05, 0.1) is 0 Å². The molecule has 0 aliphatic rings. The van der Waals surface area contributed by atoms with E-state index in [1.165, 1.54) is 0 Å². The van der Waals surface area contributed by atoms with Gasteiger partial charge in [0.25, 0.3) is 0 Å². The molecule has 286 valence electrons. The first-order valence-corrected chi connectivity index (χ1v) is 15.8. The van der Waals surface area contributed by atoms with Gasteiger partial charge in [0.2, 0.25) is 0 Å². The molecule has 2 aromatic carbocycles. The van der Waals surface area contributed by atoms with Crippen LogP contribution in [-0.2, 0) is 14.9 Å². The van der Waals surface area contributed by atoms with Gasteiger partial charge in [-0.2, -0.15) is 13.2 Å². The third kappa shape index (κ3) is 6.26. The van der Waals surface area contributed by atoms with Crippen LogP contribution in [0, 0.1) is 25.5 Å². The Morgan fingerprint density at radius 3 is 1.02 bits per heavy atom. The van der Waals surface area contributed by atoms with Crippen LogP contribution in [0.5, 0.6) is 0 Å². The van der Waals surface area contributed by atoms with Crippen LogP contribution < -0.4 is 0 Å². The molecule has 3 rings (SSSR count). The van der Waals surface area contributed by atoms with Gasteiger partial charge >= 0.3 is 229 Å². The van der Waals surface area contributed by atoms with Crippen molar-refractivity contribution in [2.45, 2.75) is 65.9 Å². The van der Waals surface area contributed by atoms with Crippen LogP contribution in [0.1, 0.15) is 11.1 Å². The normalized spacial score (nSPS) is 15.1. The molecule has 0 amide bonds. The molecule has 1 heterocycles. The van der Waals surface area contributed by atoms with Crippen LogP contribution in [0.3, 0.4) is 0 Å². The zero-order valence-corrected chi connectivity index (χ0v) is 25.7. The zero-order chi connectivity index (χ0) is 40.0. The molecule has 0 saturated carbocycles. The second kappa shape index (κ2) is 12.2. The Kier molecular flexibility index (Phi) is 10.6. The van der Waals surface area contributed by atoms with E-state index < -0.39 is 118 Å². The minimum Gasteiger partial charge on any atom is -0.741 e. The summed E-state index contributed by atoms with van der Waals surface area (Å²) >= 11 is -5.58. The van der Waals surface area contributed by atoms with Gasteiger partial charge in [-0.05, 0) is 0 Å². The first kappa shape index (κ1) is 43.5. The average molecular weight is 863 g/mol. The van der Waals surface area contributed by atoms with Crippen molar-refractivity contribution >= 4 is 42.9 Å². The molecule has 0 atom stereocenters. The van der Waals surface area contributed by atoms with Crippen molar-refractivity contribution in [1.82, 2.24) is 0 Å². The second-order valence-corrected chi connectivity index (χ2v) is 15.4. The molecule has 0 aliphatic heterocycles. The summed E-state index contributed by atoms with van der Waals surface area (Å²) in [6.45, 7) is 1.97. The number of halogens is 22. The minimum absolute atomic E-state index is 0.0511. The summed E-state index contributed by atoms with van der Waals surface area (Å²) in [6.07, 6.45) is -7.86. The summed E-state index contributed by atoms with van der Waals surface area (Å²) in [6, 6.07) is 1.46. The van der Waals surface area contributed by atoms with Gasteiger partial charge in [-0.15, -0.1) is 0 Å². The van der Waals surface area contributed by atoms with Gasteiger partial charge in [0, 0.05) is 0 Å². The van der Waals surface area contributed by atoms with Crippen LogP contribution in [0.15, 0.2) is 24.3 Å². The van der Waals surface area contributed by atoms with Gasteiger partial charge in [-0.3, -0.25) is 0 Å². The Balaban J connectivity index is 0.000000963. The van der Waals surface area contributed by atoms with Crippen LogP contribution >= 0.6 is 0 Å². The van der Waals surface area contributed by atoms with E-state index in [9.17, 15) is 87.8 Å². The van der Waals surface area contributed by atoms with E-state index in [1.54, 1.807) is 0 Å². The summed E-state index contributed by atoms with van der Waals surface area (Å²) in [5, 5.41) is -1.27. The Bertz CT molecular complexity index is 1820. The minimum atomic E-state index is -8.76. The molecule has 27 heteroatoms. The molecule has 0 bridgehead atoms. The van der Waals surface area contributed by atoms with Crippen molar-refractivity contribution in [3.63, 3.8) is 0 Å². The Labute approximate surface area is 265 Å².